The van der Waals surface area contributed by atoms with Crippen LogP contribution in [0.2, 0.25) is 0 Å². The Morgan fingerprint density at radius 2 is 2.00 bits per heavy atom. The Labute approximate surface area is 112 Å². The molecule has 1 heterocycles. The molecule has 1 aliphatic rings. The molecule has 7 nitrogen and oxygen atoms in total. The van der Waals surface area contributed by atoms with Gasteiger partial charge in [-0.3, -0.25) is 9.59 Å². The van der Waals surface area contributed by atoms with E-state index in [2.05, 4.69) is 10.6 Å². The Morgan fingerprint density at radius 1 is 1.42 bits per heavy atom. The predicted octanol–water partition coefficient (Wildman–Crippen LogP) is -0.584. The number of carbonyl (C=O) groups excluding carboxylic acids is 3. The zero-order chi connectivity index (χ0) is 14.8. The second-order valence-electron chi connectivity index (χ2n) is 5.54. The quantitative estimate of drug-likeness (QED) is 0.638. The zero-order valence-corrected chi connectivity index (χ0v) is 11.8. The van der Waals surface area contributed by atoms with Crippen LogP contribution in [0.15, 0.2) is 0 Å². The summed E-state index contributed by atoms with van der Waals surface area (Å²) in [5.74, 6) is -0.594. The third-order valence-electron chi connectivity index (χ3n) is 3.35. The van der Waals surface area contributed by atoms with Crippen LogP contribution < -0.4 is 16.4 Å². The van der Waals surface area contributed by atoms with Gasteiger partial charge in [-0.1, -0.05) is 13.8 Å². The molecule has 1 unspecified atom stereocenters. The van der Waals surface area contributed by atoms with Crippen molar-refractivity contribution >= 4 is 17.8 Å². The maximum atomic E-state index is 12.5. The van der Waals surface area contributed by atoms with Gasteiger partial charge >= 0.3 is 6.03 Å². The van der Waals surface area contributed by atoms with Crippen molar-refractivity contribution in [3.63, 3.8) is 0 Å². The molecule has 1 atom stereocenters. The third kappa shape index (κ3) is 3.15. The summed E-state index contributed by atoms with van der Waals surface area (Å²) in [4.78, 5) is 36.8. The molecule has 19 heavy (non-hydrogen) atoms. The lowest BCUT2D eigenvalue weighted by molar-refractivity contribution is -0.151. The lowest BCUT2D eigenvalue weighted by Gasteiger charge is -2.43. The molecule has 0 bridgehead atoms. The van der Waals surface area contributed by atoms with Gasteiger partial charge in [0.1, 0.15) is 11.6 Å². The highest BCUT2D eigenvalue weighted by molar-refractivity contribution is 5.94. The number of hydrogen-bond donors (Lipinski definition) is 3. The first kappa shape index (κ1) is 15.3. The van der Waals surface area contributed by atoms with Crippen LogP contribution >= 0.6 is 0 Å². The molecule has 1 fully saturated rings. The number of primary amides is 1. The number of carbonyl (C=O) groups is 3. The van der Waals surface area contributed by atoms with Crippen molar-refractivity contribution < 1.29 is 14.4 Å². The van der Waals surface area contributed by atoms with Crippen LogP contribution in [0.3, 0.4) is 0 Å². The van der Waals surface area contributed by atoms with E-state index in [1.807, 2.05) is 13.8 Å². The molecule has 0 aliphatic carbocycles. The van der Waals surface area contributed by atoms with Crippen LogP contribution in [-0.4, -0.2) is 47.4 Å². The van der Waals surface area contributed by atoms with E-state index in [4.69, 9.17) is 5.73 Å². The molecule has 4 N–H and O–H groups in total. The molecule has 1 rings (SSSR count). The monoisotopic (exact) mass is 270 g/mol. The fourth-order valence-corrected chi connectivity index (χ4v) is 2.12. The Balaban J connectivity index is 2.95. The summed E-state index contributed by atoms with van der Waals surface area (Å²) in [6.07, 6.45) is 0. The van der Waals surface area contributed by atoms with E-state index in [-0.39, 0.29) is 17.7 Å². The summed E-state index contributed by atoms with van der Waals surface area (Å²) in [5, 5.41) is 5.17. The number of piperazine rings is 1. The number of rotatable bonds is 3. The first-order valence-electron chi connectivity index (χ1n) is 6.33. The number of nitrogens with one attached hydrogen (secondary N) is 2. The van der Waals surface area contributed by atoms with Gasteiger partial charge in [-0.25, -0.2) is 4.79 Å². The normalized spacial score (nSPS) is 19.8. The standard InChI is InChI=1S/C12H22N4O3/c1-7(2)8(15-11(13)19)9(17)16-6-5-14-10(18)12(16,3)4/h7-8H,5-6H2,1-4H3,(H,14,18)(H3,13,15,19). The first-order valence-corrected chi connectivity index (χ1v) is 6.33. The predicted molar refractivity (Wildman–Crippen MR) is 70.1 cm³/mol. The SMILES string of the molecule is CC(C)C(NC(N)=O)C(=O)N1CCNC(=O)C1(C)C. The molecule has 4 amide bonds. The van der Waals surface area contributed by atoms with Gasteiger partial charge in [-0.05, 0) is 19.8 Å². The van der Waals surface area contributed by atoms with Gasteiger partial charge in [-0.15, -0.1) is 0 Å². The smallest absolute Gasteiger partial charge is 0.312 e. The van der Waals surface area contributed by atoms with E-state index in [1.165, 1.54) is 4.90 Å². The van der Waals surface area contributed by atoms with E-state index in [9.17, 15) is 14.4 Å². The molecule has 0 aromatic heterocycles. The van der Waals surface area contributed by atoms with Crippen molar-refractivity contribution in [2.24, 2.45) is 11.7 Å². The van der Waals surface area contributed by atoms with E-state index < -0.39 is 17.6 Å². The second kappa shape index (κ2) is 5.46. The van der Waals surface area contributed by atoms with Crippen molar-refractivity contribution in [1.29, 1.82) is 0 Å². The summed E-state index contributed by atoms with van der Waals surface area (Å²) in [5.41, 5.74) is 4.16. The van der Waals surface area contributed by atoms with E-state index in [0.29, 0.717) is 13.1 Å². The molecule has 0 radical (unpaired) electrons. The highest BCUT2D eigenvalue weighted by Crippen LogP contribution is 2.20. The van der Waals surface area contributed by atoms with Crippen molar-refractivity contribution in [1.82, 2.24) is 15.5 Å². The topological polar surface area (TPSA) is 105 Å². The highest BCUT2D eigenvalue weighted by atomic mass is 16.2. The van der Waals surface area contributed by atoms with Crippen LogP contribution in [0.4, 0.5) is 4.79 Å². The first-order chi connectivity index (χ1) is 8.67. The summed E-state index contributed by atoms with van der Waals surface area (Å²) in [6, 6.07) is -1.46. The highest BCUT2D eigenvalue weighted by Gasteiger charge is 2.43. The number of amides is 4. The number of nitrogens with zero attached hydrogens (tertiary/aromatic N) is 1. The zero-order valence-electron chi connectivity index (χ0n) is 11.8. The van der Waals surface area contributed by atoms with Crippen LogP contribution in [-0.2, 0) is 9.59 Å². The Kier molecular flexibility index (Phi) is 4.39. The average Bonchev–Trinajstić information content (AvgIpc) is 2.28. The molecule has 0 spiro atoms. The number of nitrogens with two attached hydrogens (primary N) is 1. The molecular formula is C12H22N4O3. The number of urea groups is 1. The fraction of sp³-hybridized carbons (Fsp3) is 0.750. The second-order valence-corrected chi connectivity index (χ2v) is 5.54. The molecule has 1 saturated heterocycles. The maximum Gasteiger partial charge on any atom is 0.312 e. The largest absolute Gasteiger partial charge is 0.352 e. The van der Waals surface area contributed by atoms with Gasteiger partial charge in [0.15, 0.2) is 0 Å². The fourth-order valence-electron chi connectivity index (χ4n) is 2.12. The molecule has 0 saturated carbocycles. The molecule has 7 heteroatoms. The van der Waals surface area contributed by atoms with Crippen LogP contribution in [0.5, 0.6) is 0 Å². The molecule has 0 aromatic rings. The van der Waals surface area contributed by atoms with Crippen molar-refractivity contribution in [2.75, 3.05) is 13.1 Å². The van der Waals surface area contributed by atoms with Crippen LogP contribution in [0.25, 0.3) is 0 Å². The molecule has 108 valence electrons. The average molecular weight is 270 g/mol. The van der Waals surface area contributed by atoms with Gasteiger partial charge in [0.05, 0.1) is 0 Å². The van der Waals surface area contributed by atoms with Crippen molar-refractivity contribution in [3.05, 3.63) is 0 Å². The lowest BCUT2D eigenvalue weighted by Crippen LogP contribution is -2.67. The van der Waals surface area contributed by atoms with Gasteiger partial charge in [0, 0.05) is 13.1 Å². The van der Waals surface area contributed by atoms with Gasteiger partial charge in [0.25, 0.3) is 0 Å². The van der Waals surface area contributed by atoms with Crippen LogP contribution in [0.1, 0.15) is 27.7 Å². The Hall–Kier alpha value is -1.79. The summed E-state index contributed by atoms with van der Waals surface area (Å²) in [6.45, 7) is 7.82. The summed E-state index contributed by atoms with van der Waals surface area (Å²) in [7, 11) is 0. The van der Waals surface area contributed by atoms with Crippen molar-refractivity contribution in [3.8, 4) is 0 Å². The Bertz CT molecular complexity index is 392. The summed E-state index contributed by atoms with van der Waals surface area (Å²) >= 11 is 0. The maximum absolute atomic E-state index is 12.5. The van der Waals surface area contributed by atoms with Gasteiger partial charge in [0.2, 0.25) is 11.8 Å². The Morgan fingerprint density at radius 3 is 2.47 bits per heavy atom. The molecular weight excluding hydrogens is 248 g/mol. The summed E-state index contributed by atoms with van der Waals surface area (Å²) < 4.78 is 0. The third-order valence-corrected chi connectivity index (χ3v) is 3.35. The minimum atomic E-state index is -0.929. The van der Waals surface area contributed by atoms with Gasteiger partial charge in [-0.2, -0.15) is 0 Å². The van der Waals surface area contributed by atoms with Gasteiger partial charge < -0.3 is 21.3 Å². The molecule has 1 aliphatic heterocycles. The number of hydrogen-bond acceptors (Lipinski definition) is 3. The minimum absolute atomic E-state index is 0.110. The van der Waals surface area contributed by atoms with E-state index >= 15 is 0 Å². The molecule has 0 aromatic carbocycles. The van der Waals surface area contributed by atoms with Crippen molar-refractivity contribution in [2.45, 2.75) is 39.3 Å². The van der Waals surface area contributed by atoms with Crippen LogP contribution in [0, 0.1) is 5.92 Å². The van der Waals surface area contributed by atoms with E-state index in [0.717, 1.165) is 0 Å². The lowest BCUT2D eigenvalue weighted by atomic mass is 9.95. The minimum Gasteiger partial charge on any atom is -0.352 e. The van der Waals surface area contributed by atoms with E-state index in [1.54, 1.807) is 13.8 Å².